The second-order valence-electron chi connectivity index (χ2n) is 0. The normalized spacial score (nSPS) is 0. The molecule has 0 bridgehead atoms. The molecule has 0 saturated heterocycles. The van der Waals surface area contributed by atoms with Gasteiger partial charge in [-0.2, -0.15) is 0 Å². The van der Waals surface area contributed by atoms with E-state index < -0.39 is 0 Å². The van der Waals surface area contributed by atoms with Crippen molar-refractivity contribution in [3.05, 3.63) is 0 Å². The fourth-order valence-electron chi connectivity index (χ4n) is 0. The Hall–Kier alpha value is 0.540. The van der Waals surface area contributed by atoms with Crippen LogP contribution in [0.4, 0.5) is 23.5 Å². The second-order valence-corrected chi connectivity index (χ2v) is 0. The van der Waals surface area contributed by atoms with Crippen LogP contribution < -0.4 is 40.4 Å². The predicted octanol–water partition coefficient (Wildman–Crippen LogP) is -5.07. The molecule has 0 heterocycles. The van der Waals surface area contributed by atoms with Gasteiger partial charge < -0.3 is 10.9 Å². The average Bonchev–Trinajstić information content (AvgIpc) is 0. The van der Waals surface area contributed by atoms with Crippen LogP contribution in [0, 0.1) is 0 Å². The molecule has 0 atom stereocenters. The van der Waals surface area contributed by atoms with Crippen LogP contribution in [0.5, 0.6) is 0 Å². The third kappa shape index (κ3) is 688. The minimum atomic E-state index is 0. The summed E-state index contributed by atoms with van der Waals surface area (Å²) < 4.78 is 0. The molecule has 0 spiro atoms. The number of halogens is 6. The number of rotatable bonds is 0. The molecule has 0 rings (SSSR count). The van der Waals surface area contributed by atoms with Crippen molar-refractivity contribution in [2.24, 2.45) is 0 Å². The van der Waals surface area contributed by atoms with Crippen LogP contribution >= 0.6 is 0 Å². The smallest absolute Gasteiger partial charge is 1.00 e. The van der Waals surface area contributed by atoms with Gasteiger partial charge in [0.15, 0.2) is 0 Å². The summed E-state index contributed by atoms with van der Waals surface area (Å²) in [5.74, 6) is 0. The zero-order valence-corrected chi connectivity index (χ0v) is 6.13. The maximum absolute atomic E-state index is 0. The quantitative estimate of drug-likeness (QED) is 0.278. The first kappa shape index (κ1) is 1660. The van der Waals surface area contributed by atoms with E-state index in [9.17, 15) is 0 Å². The van der Waals surface area contributed by atoms with Crippen molar-refractivity contribution < 1.29 is 57.8 Å². The van der Waals surface area contributed by atoms with Gasteiger partial charge in [0.2, 0.25) is 0 Å². The fourth-order valence-corrected chi connectivity index (χ4v) is 0. The van der Waals surface area contributed by atoms with Gasteiger partial charge in [-0.05, 0) is 0 Å². The van der Waals surface area contributed by atoms with Gasteiger partial charge in [0.05, 0.1) is 0 Å². The summed E-state index contributed by atoms with van der Waals surface area (Å²) >= 11 is 0. The summed E-state index contributed by atoms with van der Waals surface area (Å²) in [5, 5.41) is 0. The molecule has 0 unspecified atom stereocenters. The van der Waals surface area contributed by atoms with E-state index in [-0.39, 0.29) is 63.9 Å². The van der Waals surface area contributed by atoms with Crippen LogP contribution in [-0.4, -0.2) is 0 Å². The summed E-state index contributed by atoms with van der Waals surface area (Å²) in [6, 6.07) is 0. The fraction of sp³-hybridized carbons (Fsp3) is 0. The molecule has 0 aromatic carbocycles. The Morgan fingerprint density at radius 3 is 0.500 bits per heavy atom. The van der Waals surface area contributed by atoms with Gasteiger partial charge in [0.25, 0.3) is 0 Å². The maximum Gasteiger partial charge on any atom is 1.00 e. The van der Waals surface area contributed by atoms with E-state index in [1.54, 1.807) is 0 Å². The number of hydrogen-bond donors (Lipinski definition) is 1. The molecule has 0 aliphatic heterocycles. The Labute approximate surface area is 64.3 Å². The van der Waals surface area contributed by atoms with Crippen molar-refractivity contribution in [3.8, 4) is 0 Å². The summed E-state index contributed by atoms with van der Waals surface area (Å²) in [4.78, 5) is 0. The van der Waals surface area contributed by atoms with Crippen molar-refractivity contribution in [2.75, 3.05) is 0 Å². The van der Waals surface area contributed by atoms with E-state index in [4.69, 9.17) is 0 Å². The molecule has 0 aromatic heterocycles. The first-order valence-electron chi connectivity index (χ1n) is 0. The van der Waals surface area contributed by atoms with Crippen molar-refractivity contribution in [2.45, 2.75) is 0 Å². The molecule has 0 aliphatic rings. The molecule has 1 nitrogen and oxygen atoms in total. The molecule has 0 amide bonds. The molecule has 0 aromatic rings. The zero-order chi connectivity index (χ0) is 0. The molecule has 8 heteroatoms. The Balaban J connectivity index is 0. The van der Waals surface area contributed by atoms with E-state index >= 15 is 0 Å². The third-order valence-electron chi connectivity index (χ3n) is 0. The zero-order valence-electron chi connectivity index (χ0n) is 4.13. The Morgan fingerprint density at radius 2 is 0.500 bits per heavy atom. The van der Waals surface area contributed by atoms with Gasteiger partial charge >= 0.3 is 29.6 Å². The SMILES string of the molecule is F.F.F.F.F.N.[F-].[Na+]. The molecular formula is H8F6NNa. The summed E-state index contributed by atoms with van der Waals surface area (Å²) in [6.07, 6.45) is 0. The number of hydrogen-bond acceptors (Lipinski definition) is 1. The predicted molar refractivity (Wildman–Crippen MR) is 17.5 cm³/mol. The van der Waals surface area contributed by atoms with E-state index in [2.05, 4.69) is 0 Å². The average molecular weight is 159 g/mol. The van der Waals surface area contributed by atoms with E-state index in [1.807, 2.05) is 0 Å². The molecule has 0 radical (unpaired) electrons. The van der Waals surface area contributed by atoms with Crippen LogP contribution in [0.25, 0.3) is 0 Å². The first-order valence-corrected chi connectivity index (χ1v) is 0. The molecule has 56 valence electrons. The van der Waals surface area contributed by atoms with Gasteiger partial charge in [-0.1, -0.05) is 0 Å². The molecule has 0 aliphatic carbocycles. The third-order valence-corrected chi connectivity index (χ3v) is 0. The van der Waals surface area contributed by atoms with Gasteiger partial charge in [0, 0.05) is 0 Å². The Kier molecular flexibility index (Phi) is 230000. The maximum atomic E-state index is 0. The summed E-state index contributed by atoms with van der Waals surface area (Å²) in [7, 11) is 0. The summed E-state index contributed by atoms with van der Waals surface area (Å²) in [6.45, 7) is 0. The van der Waals surface area contributed by atoms with Crippen molar-refractivity contribution in [1.29, 1.82) is 0 Å². The second kappa shape index (κ2) is 1110. The van der Waals surface area contributed by atoms with Crippen LogP contribution in [0.3, 0.4) is 0 Å². The van der Waals surface area contributed by atoms with Crippen LogP contribution in [0.1, 0.15) is 0 Å². The molecule has 0 saturated carbocycles. The van der Waals surface area contributed by atoms with E-state index in [1.165, 1.54) is 0 Å². The first-order chi connectivity index (χ1) is 0. The van der Waals surface area contributed by atoms with Crippen LogP contribution in [0.2, 0.25) is 0 Å². The largest absolute Gasteiger partial charge is 1.00 e. The van der Waals surface area contributed by atoms with Crippen LogP contribution in [-0.2, 0) is 0 Å². The van der Waals surface area contributed by atoms with Crippen molar-refractivity contribution in [3.63, 3.8) is 0 Å². The standard InChI is InChI=1S/6FH.H3N.Na/h6*1H;1H3;/q;;;;;;;+1/p-1. The monoisotopic (exact) mass is 159 g/mol. The van der Waals surface area contributed by atoms with Gasteiger partial charge in [-0.25, -0.2) is 0 Å². The molecule has 0 fully saturated rings. The van der Waals surface area contributed by atoms with Gasteiger partial charge in [-0.3, -0.25) is 23.5 Å². The molecule has 3 N–H and O–H groups in total. The molecule has 8 heavy (non-hydrogen) atoms. The Morgan fingerprint density at radius 1 is 0.500 bits per heavy atom. The van der Waals surface area contributed by atoms with Crippen LogP contribution in [0.15, 0.2) is 0 Å². The van der Waals surface area contributed by atoms with Crippen molar-refractivity contribution in [1.82, 2.24) is 6.15 Å². The van der Waals surface area contributed by atoms with E-state index in [0.29, 0.717) is 0 Å². The minimum absolute atomic E-state index is 0. The van der Waals surface area contributed by atoms with E-state index in [0.717, 1.165) is 0 Å². The Bertz CT molecular complexity index is 8.49. The van der Waals surface area contributed by atoms with Crippen molar-refractivity contribution >= 4 is 0 Å². The molecular weight excluding hydrogens is 151 g/mol. The van der Waals surface area contributed by atoms with Gasteiger partial charge in [0.1, 0.15) is 0 Å². The summed E-state index contributed by atoms with van der Waals surface area (Å²) in [5.41, 5.74) is 0. The van der Waals surface area contributed by atoms with Gasteiger partial charge in [-0.15, -0.1) is 0 Å². The topological polar surface area (TPSA) is 35.0 Å². The minimum Gasteiger partial charge on any atom is -1.00 e.